The summed E-state index contributed by atoms with van der Waals surface area (Å²) in [7, 11) is 1.71. The Labute approximate surface area is 77.3 Å². The lowest BCUT2D eigenvalue weighted by atomic mass is 10.1. The van der Waals surface area contributed by atoms with E-state index in [1.807, 2.05) is 19.9 Å². The highest BCUT2D eigenvalue weighted by molar-refractivity contribution is 5.71. The Hall–Kier alpha value is -1.26. The number of nitrogens with zero attached hydrogens (tertiary/aromatic N) is 1. The van der Waals surface area contributed by atoms with E-state index in [1.165, 1.54) is 0 Å². The molecule has 4 nitrogen and oxygen atoms in total. The van der Waals surface area contributed by atoms with Crippen molar-refractivity contribution in [3.05, 3.63) is 28.5 Å². The van der Waals surface area contributed by atoms with Gasteiger partial charge in [0, 0.05) is 7.05 Å². The summed E-state index contributed by atoms with van der Waals surface area (Å²) < 4.78 is 0. The van der Waals surface area contributed by atoms with Crippen molar-refractivity contribution < 1.29 is 5.21 Å². The maximum atomic E-state index is 10.7. The Morgan fingerprint density at radius 3 is 2.31 bits per heavy atom. The van der Waals surface area contributed by atoms with Gasteiger partial charge >= 0.3 is 0 Å². The lowest BCUT2D eigenvalue weighted by Gasteiger charge is -2.25. The summed E-state index contributed by atoms with van der Waals surface area (Å²) in [6.07, 6.45) is 0. The molecule has 0 saturated carbocycles. The Kier molecular flexibility index (Phi) is 2.75. The van der Waals surface area contributed by atoms with Crippen LogP contribution in [0.2, 0.25) is 0 Å². The molecule has 0 aliphatic rings. The monoisotopic (exact) mass is 181 g/mol. The standard InChI is InChI=1S/C9H13N2O2/c1-6-4-8(10-3)9(11(12)13)5-7(6)2/h4-5,10,12H,1-3H3/q-1. The average molecular weight is 181 g/mol. The van der Waals surface area contributed by atoms with E-state index < -0.39 is 0 Å². The number of anilines is 2. The maximum absolute atomic E-state index is 10.7. The van der Waals surface area contributed by atoms with Gasteiger partial charge in [0.1, 0.15) is 0 Å². The molecular weight excluding hydrogens is 168 g/mol. The van der Waals surface area contributed by atoms with Crippen LogP contribution in [0.1, 0.15) is 11.1 Å². The van der Waals surface area contributed by atoms with Crippen molar-refractivity contribution in [2.45, 2.75) is 13.8 Å². The number of aryl methyl sites for hydroxylation is 2. The first-order valence-corrected chi connectivity index (χ1v) is 4.01. The van der Waals surface area contributed by atoms with Crippen LogP contribution in [0.5, 0.6) is 0 Å². The van der Waals surface area contributed by atoms with Gasteiger partial charge in [-0.25, -0.2) is 0 Å². The van der Waals surface area contributed by atoms with E-state index in [-0.39, 0.29) is 10.9 Å². The van der Waals surface area contributed by atoms with Crippen LogP contribution in [0.25, 0.3) is 0 Å². The number of hydrogen-bond acceptors (Lipinski definition) is 4. The van der Waals surface area contributed by atoms with Gasteiger partial charge in [-0.1, -0.05) is 0 Å². The van der Waals surface area contributed by atoms with Crippen molar-refractivity contribution in [3.63, 3.8) is 0 Å². The molecule has 1 aromatic carbocycles. The minimum atomic E-state index is -0.127. The zero-order valence-corrected chi connectivity index (χ0v) is 7.96. The third kappa shape index (κ3) is 1.91. The largest absolute Gasteiger partial charge is 0.733 e. The van der Waals surface area contributed by atoms with Crippen LogP contribution in [0.4, 0.5) is 11.4 Å². The summed E-state index contributed by atoms with van der Waals surface area (Å²) in [4.78, 5) is 0. The van der Waals surface area contributed by atoms with Gasteiger partial charge in [-0.3, -0.25) is 5.21 Å². The SMILES string of the molecule is CNc1cc(C)c(C)cc1N([O-])O. The second-order valence-corrected chi connectivity index (χ2v) is 2.98. The quantitative estimate of drug-likeness (QED) is 0.685. The fourth-order valence-electron chi connectivity index (χ4n) is 1.16. The molecule has 13 heavy (non-hydrogen) atoms. The molecule has 4 heteroatoms. The van der Waals surface area contributed by atoms with Gasteiger partial charge in [0.05, 0.1) is 11.4 Å². The van der Waals surface area contributed by atoms with Gasteiger partial charge in [0.15, 0.2) is 0 Å². The Bertz CT molecular complexity index is 311. The van der Waals surface area contributed by atoms with Crippen LogP contribution in [0, 0.1) is 19.1 Å². The zero-order valence-electron chi connectivity index (χ0n) is 7.96. The second kappa shape index (κ2) is 3.64. The predicted octanol–water partition coefficient (Wildman–Crippen LogP) is 2.04. The van der Waals surface area contributed by atoms with Crippen molar-refractivity contribution >= 4 is 11.4 Å². The van der Waals surface area contributed by atoms with E-state index in [4.69, 9.17) is 5.21 Å². The molecule has 0 radical (unpaired) electrons. The number of benzene rings is 1. The molecule has 0 heterocycles. The van der Waals surface area contributed by atoms with Gasteiger partial charge in [0.2, 0.25) is 0 Å². The lowest BCUT2D eigenvalue weighted by Crippen LogP contribution is -2.10. The van der Waals surface area contributed by atoms with E-state index >= 15 is 0 Å². The van der Waals surface area contributed by atoms with Crippen LogP contribution in [-0.4, -0.2) is 12.3 Å². The van der Waals surface area contributed by atoms with Crippen molar-refractivity contribution in [2.24, 2.45) is 0 Å². The molecule has 0 aliphatic carbocycles. The van der Waals surface area contributed by atoms with Crippen molar-refractivity contribution in [1.29, 1.82) is 0 Å². The molecule has 72 valence electrons. The first-order chi connectivity index (χ1) is 6.06. The van der Waals surface area contributed by atoms with Crippen LogP contribution < -0.4 is 10.5 Å². The third-order valence-electron chi connectivity index (χ3n) is 2.09. The minimum absolute atomic E-state index is 0.127. The molecule has 0 spiro atoms. The molecule has 1 aromatic rings. The van der Waals surface area contributed by atoms with E-state index in [0.717, 1.165) is 11.1 Å². The topological polar surface area (TPSA) is 58.6 Å². The Morgan fingerprint density at radius 1 is 1.31 bits per heavy atom. The minimum Gasteiger partial charge on any atom is -0.733 e. The molecule has 0 bridgehead atoms. The van der Waals surface area contributed by atoms with Crippen molar-refractivity contribution in [2.75, 3.05) is 17.6 Å². The van der Waals surface area contributed by atoms with E-state index in [9.17, 15) is 5.21 Å². The molecule has 2 N–H and O–H groups in total. The summed E-state index contributed by atoms with van der Waals surface area (Å²) in [6, 6.07) is 3.47. The van der Waals surface area contributed by atoms with Crippen LogP contribution in [0.3, 0.4) is 0 Å². The van der Waals surface area contributed by atoms with Gasteiger partial charge < -0.3 is 15.8 Å². The van der Waals surface area contributed by atoms with Crippen LogP contribution >= 0.6 is 0 Å². The fraction of sp³-hybridized carbons (Fsp3) is 0.333. The number of nitrogens with one attached hydrogen (secondary N) is 1. The highest BCUT2D eigenvalue weighted by Crippen LogP contribution is 2.27. The molecule has 0 unspecified atom stereocenters. The van der Waals surface area contributed by atoms with E-state index in [0.29, 0.717) is 5.69 Å². The highest BCUT2D eigenvalue weighted by atomic mass is 16.8. The first kappa shape index (κ1) is 9.83. The Morgan fingerprint density at radius 2 is 1.85 bits per heavy atom. The number of hydrogen-bond donors (Lipinski definition) is 2. The third-order valence-corrected chi connectivity index (χ3v) is 2.09. The molecule has 0 atom stereocenters. The maximum Gasteiger partial charge on any atom is 0.0743 e. The first-order valence-electron chi connectivity index (χ1n) is 4.01. The highest BCUT2D eigenvalue weighted by Gasteiger charge is 2.03. The molecule has 0 saturated heterocycles. The van der Waals surface area contributed by atoms with Crippen LogP contribution in [-0.2, 0) is 0 Å². The summed E-state index contributed by atoms with van der Waals surface area (Å²) in [5.41, 5.74) is 2.92. The summed E-state index contributed by atoms with van der Waals surface area (Å²) in [6.45, 7) is 3.84. The second-order valence-electron chi connectivity index (χ2n) is 2.98. The normalized spacial score (nSPS) is 9.92. The van der Waals surface area contributed by atoms with E-state index in [1.54, 1.807) is 13.1 Å². The molecule has 0 amide bonds. The molecule has 1 rings (SSSR count). The smallest absolute Gasteiger partial charge is 0.0743 e. The number of rotatable bonds is 2. The molecule has 0 fully saturated rings. The molecular formula is C9H13N2O2-. The van der Waals surface area contributed by atoms with Gasteiger partial charge in [-0.2, -0.15) is 0 Å². The lowest BCUT2D eigenvalue weighted by molar-refractivity contribution is 0.297. The zero-order chi connectivity index (χ0) is 10.0. The predicted molar refractivity (Wildman–Crippen MR) is 53.1 cm³/mol. The van der Waals surface area contributed by atoms with Gasteiger partial charge in [-0.05, 0) is 37.1 Å². The molecule has 0 aliphatic heterocycles. The molecule has 0 aromatic heterocycles. The van der Waals surface area contributed by atoms with E-state index in [2.05, 4.69) is 5.32 Å². The summed E-state index contributed by atoms with van der Waals surface area (Å²) >= 11 is 0. The Balaban J connectivity index is 3.25. The van der Waals surface area contributed by atoms with Gasteiger partial charge in [-0.15, -0.1) is 0 Å². The summed E-state index contributed by atoms with van der Waals surface area (Å²) in [5.74, 6) is 0. The van der Waals surface area contributed by atoms with Crippen LogP contribution in [0.15, 0.2) is 12.1 Å². The van der Waals surface area contributed by atoms with Gasteiger partial charge in [0.25, 0.3) is 0 Å². The summed E-state index contributed by atoms with van der Waals surface area (Å²) in [5, 5.41) is 22.2. The fourth-order valence-corrected chi connectivity index (χ4v) is 1.16. The van der Waals surface area contributed by atoms with Crippen molar-refractivity contribution in [3.8, 4) is 0 Å². The average Bonchev–Trinajstić information content (AvgIpc) is 2.08. The van der Waals surface area contributed by atoms with Crippen molar-refractivity contribution in [1.82, 2.24) is 0 Å².